The Morgan fingerprint density at radius 1 is 1.15 bits per heavy atom. The van der Waals surface area contributed by atoms with Gasteiger partial charge in [-0.25, -0.2) is 13.9 Å². The highest BCUT2D eigenvalue weighted by atomic mass is 32.2. The molecule has 0 fully saturated rings. The van der Waals surface area contributed by atoms with Crippen molar-refractivity contribution in [2.24, 2.45) is 0 Å². The molecule has 0 atom stereocenters. The predicted octanol–water partition coefficient (Wildman–Crippen LogP) is 3.35. The van der Waals surface area contributed by atoms with Gasteiger partial charge < -0.3 is 5.32 Å². The number of sulfonamides is 1. The van der Waals surface area contributed by atoms with E-state index in [0.29, 0.717) is 12.2 Å². The average molecular weight is 478 g/mol. The van der Waals surface area contributed by atoms with E-state index in [2.05, 4.69) is 21.2 Å². The summed E-state index contributed by atoms with van der Waals surface area (Å²) in [4.78, 5) is 14.6. The molecule has 2 amide bonds. The SMILES string of the molecule is CC(C)n1nc(S(=O)(=O)NC(=O)Nc2c3c(cc4c2CCC4)CCC3)cc1CN(C)CCF. The molecule has 180 valence electrons. The summed E-state index contributed by atoms with van der Waals surface area (Å²) in [6, 6.07) is 2.83. The lowest BCUT2D eigenvalue weighted by molar-refractivity contribution is 0.256. The zero-order chi connectivity index (χ0) is 23.8. The van der Waals surface area contributed by atoms with E-state index in [0.717, 1.165) is 55.3 Å². The topological polar surface area (TPSA) is 96.3 Å². The van der Waals surface area contributed by atoms with Crippen LogP contribution in [0.3, 0.4) is 0 Å². The molecule has 2 aliphatic rings. The molecule has 0 unspecified atom stereocenters. The number of urea groups is 1. The number of amides is 2. The highest BCUT2D eigenvalue weighted by molar-refractivity contribution is 7.90. The van der Waals surface area contributed by atoms with E-state index >= 15 is 0 Å². The number of hydrogen-bond donors (Lipinski definition) is 2. The molecular formula is C23H32FN5O3S. The minimum atomic E-state index is -4.18. The molecule has 0 spiro atoms. The van der Waals surface area contributed by atoms with Crippen LogP contribution < -0.4 is 10.0 Å². The quantitative estimate of drug-likeness (QED) is 0.608. The Hall–Kier alpha value is -2.46. The summed E-state index contributed by atoms with van der Waals surface area (Å²) in [5, 5.41) is 6.86. The van der Waals surface area contributed by atoms with Crippen LogP contribution in [0.25, 0.3) is 0 Å². The zero-order valence-corrected chi connectivity index (χ0v) is 20.3. The maximum Gasteiger partial charge on any atom is 0.333 e. The van der Waals surface area contributed by atoms with Crippen LogP contribution in [0.4, 0.5) is 14.9 Å². The van der Waals surface area contributed by atoms with Crippen molar-refractivity contribution in [3.8, 4) is 0 Å². The summed E-state index contributed by atoms with van der Waals surface area (Å²) >= 11 is 0. The van der Waals surface area contributed by atoms with Crippen molar-refractivity contribution in [2.45, 2.75) is 70.0 Å². The molecule has 10 heteroatoms. The standard InChI is InChI=1S/C23H32FN5O3S/c1-15(2)29-18(14-28(3)11-10-24)13-21(26-29)33(31,32)27-23(30)25-22-19-8-4-6-16(19)12-17-7-5-9-20(17)22/h12-13,15H,4-11,14H2,1-3H3,(H2,25,27,30). The predicted molar refractivity (Wildman–Crippen MR) is 125 cm³/mol. The fourth-order valence-electron chi connectivity index (χ4n) is 4.88. The zero-order valence-electron chi connectivity index (χ0n) is 19.4. The third-order valence-electron chi connectivity index (χ3n) is 6.39. The van der Waals surface area contributed by atoms with Crippen LogP contribution in [0.1, 0.15) is 60.7 Å². The molecule has 4 rings (SSSR count). The lowest BCUT2D eigenvalue weighted by Gasteiger charge is -2.17. The Bertz CT molecular complexity index is 1130. The van der Waals surface area contributed by atoms with Gasteiger partial charge in [-0.05, 0) is 81.7 Å². The first kappa shape index (κ1) is 23.7. The fourth-order valence-corrected chi connectivity index (χ4v) is 5.77. The first-order chi connectivity index (χ1) is 15.7. The molecule has 2 N–H and O–H groups in total. The van der Waals surface area contributed by atoms with Crippen molar-refractivity contribution in [1.82, 2.24) is 19.4 Å². The minimum Gasteiger partial charge on any atom is -0.307 e. The summed E-state index contributed by atoms with van der Waals surface area (Å²) in [6.45, 7) is 3.86. The molecule has 1 aromatic carbocycles. The Balaban J connectivity index is 1.55. The van der Waals surface area contributed by atoms with Gasteiger partial charge in [0.25, 0.3) is 10.0 Å². The summed E-state index contributed by atoms with van der Waals surface area (Å²) in [6.07, 6.45) is 5.84. The second kappa shape index (κ2) is 9.42. The number of halogens is 1. The molecule has 8 nitrogen and oxygen atoms in total. The van der Waals surface area contributed by atoms with Gasteiger partial charge in [0.1, 0.15) is 6.67 Å². The molecule has 1 heterocycles. The van der Waals surface area contributed by atoms with Gasteiger partial charge in [-0.3, -0.25) is 9.58 Å². The first-order valence-electron chi connectivity index (χ1n) is 11.5. The molecule has 33 heavy (non-hydrogen) atoms. The number of aromatic nitrogens is 2. The number of nitrogens with one attached hydrogen (secondary N) is 2. The number of nitrogens with zero attached hydrogens (tertiary/aromatic N) is 3. The number of rotatable bonds is 8. The van der Waals surface area contributed by atoms with Crippen LogP contribution in [-0.4, -0.2) is 49.4 Å². The van der Waals surface area contributed by atoms with Crippen molar-refractivity contribution < 1.29 is 17.6 Å². The van der Waals surface area contributed by atoms with Crippen LogP contribution in [0, 0.1) is 0 Å². The number of carbonyl (C=O) groups excluding carboxylic acids is 1. The molecule has 2 aliphatic carbocycles. The minimum absolute atomic E-state index is 0.0916. The number of alkyl halides is 1. The van der Waals surface area contributed by atoms with E-state index in [9.17, 15) is 17.6 Å². The van der Waals surface area contributed by atoms with E-state index < -0.39 is 22.7 Å². The maximum absolute atomic E-state index is 13.0. The molecule has 0 radical (unpaired) electrons. The van der Waals surface area contributed by atoms with Gasteiger partial charge in [0, 0.05) is 30.9 Å². The van der Waals surface area contributed by atoms with Crippen LogP contribution in [-0.2, 0) is 42.3 Å². The number of carbonyl (C=O) groups is 1. The lowest BCUT2D eigenvalue weighted by Crippen LogP contribution is -2.35. The van der Waals surface area contributed by atoms with Crippen molar-refractivity contribution >= 4 is 21.7 Å². The largest absolute Gasteiger partial charge is 0.333 e. The first-order valence-corrected chi connectivity index (χ1v) is 13.0. The third kappa shape index (κ3) is 4.91. The molecule has 2 aromatic rings. The molecule has 0 saturated carbocycles. The second-order valence-electron chi connectivity index (χ2n) is 9.23. The molecule has 1 aromatic heterocycles. The highest BCUT2D eigenvalue weighted by Gasteiger charge is 2.28. The van der Waals surface area contributed by atoms with Crippen LogP contribution in [0.5, 0.6) is 0 Å². The smallest absolute Gasteiger partial charge is 0.307 e. The molecule has 0 bridgehead atoms. The number of aryl methyl sites for hydroxylation is 2. The number of hydrogen-bond acceptors (Lipinski definition) is 5. The van der Waals surface area contributed by atoms with Crippen molar-refractivity contribution in [3.05, 3.63) is 40.1 Å². The summed E-state index contributed by atoms with van der Waals surface area (Å²) < 4.78 is 42.4. The summed E-state index contributed by atoms with van der Waals surface area (Å²) in [5.41, 5.74) is 6.20. The van der Waals surface area contributed by atoms with Gasteiger partial charge in [-0.15, -0.1) is 0 Å². The van der Waals surface area contributed by atoms with Gasteiger partial charge in [-0.2, -0.15) is 13.5 Å². The van der Waals surface area contributed by atoms with Gasteiger partial charge >= 0.3 is 6.03 Å². The Labute approximate surface area is 194 Å². The Kier molecular flexibility index (Phi) is 6.76. The van der Waals surface area contributed by atoms with E-state index in [-0.39, 0.29) is 17.6 Å². The summed E-state index contributed by atoms with van der Waals surface area (Å²) in [7, 11) is -2.42. The van der Waals surface area contributed by atoms with Crippen LogP contribution in [0.2, 0.25) is 0 Å². The van der Waals surface area contributed by atoms with Gasteiger partial charge in [0.05, 0.1) is 5.69 Å². The molecule has 0 saturated heterocycles. The van der Waals surface area contributed by atoms with Crippen molar-refractivity contribution in [2.75, 3.05) is 25.6 Å². The van der Waals surface area contributed by atoms with Gasteiger partial charge in [-0.1, -0.05) is 6.07 Å². The fraction of sp³-hybridized carbons (Fsp3) is 0.565. The second-order valence-corrected chi connectivity index (χ2v) is 10.9. The average Bonchev–Trinajstić information content (AvgIpc) is 3.46. The third-order valence-corrected chi connectivity index (χ3v) is 7.60. The molecule has 0 aliphatic heterocycles. The highest BCUT2D eigenvalue weighted by Crippen LogP contribution is 2.38. The Morgan fingerprint density at radius 3 is 2.36 bits per heavy atom. The maximum atomic E-state index is 13.0. The lowest BCUT2D eigenvalue weighted by atomic mass is 9.99. The van der Waals surface area contributed by atoms with Gasteiger partial charge in [0.2, 0.25) is 0 Å². The summed E-state index contributed by atoms with van der Waals surface area (Å²) in [5.74, 6) is 0. The van der Waals surface area contributed by atoms with Crippen LogP contribution >= 0.6 is 0 Å². The Morgan fingerprint density at radius 2 is 1.79 bits per heavy atom. The monoisotopic (exact) mass is 477 g/mol. The number of fused-ring (bicyclic) bond motifs is 2. The van der Waals surface area contributed by atoms with E-state index in [1.807, 2.05) is 13.8 Å². The van der Waals surface area contributed by atoms with Gasteiger partial charge in [0.15, 0.2) is 5.03 Å². The van der Waals surface area contributed by atoms with E-state index in [1.165, 1.54) is 17.2 Å². The van der Waals surface area contributed by atoms with Crippen molar-refractivity contribution in [3.63, 3.8) is 0 Å². The number of anilines is 1. The molecular weight excluding hydrogens is 445 g/mol. The van der Waals surface area contributed by atoms with Crippen molar-refractivity contribution in [1.29, 1.82) is 0 Å². The van der Waals surface area contributed by atoms with E-state index in [1.54, 1.807) is 16.6 Å². The normalized spacial score (nSPS) is 15.2. The van der Waals surface area contributed by atoms with E-state index in [4.69, 9.17) is 0 Å². The van der Waals surface area contributed by atoms with Crippen LogP contribution in [0.15, 0.2) is 17.2 Å². The number of benzene rings is 1.